The van der Waals surface area contributed by atoms with E-state index < -0.39 is 0 Å². The summed E-state index contributed by atoms with van der Waals surface area (Å²) in [6, 6.07) is 9.19. The third-order valence-electron chi connectivity index (χ3n) is 2.66. The van der Waals surface area contributed by atoms with Crippen LogP contribution < -0.4 is 11.3 Å². The van der Waals surface area contributed by atoms with Crippen molar-refractivity contribution in [1.82, 2.24) is 10.4 Å². The van der Waals surface area contributed by atoms with E-state index in [0.717, 1.165) is 11.1 Å². The van der Waals surface area contributed by atoms with E-state index in [1.54, 1.807) is 6.07 Å². The highest BCUT2D eigenvalue weighted by atomic mass is 32.2. The maximum atomic E-state index is 11.3. The Morgan fingerprint density at radius 3 is 3.05 bits per heavy atom. The Balaban J connectivity index is 1.69. The second-order valence-corrected chi connectivity index (χ2v) is 4.94. The first-order valence-electron chi connectivity index (χ1n) is 5.83. The highest BCUT2D eigenvalue weighted by molar-refractivity contribution is 7.98. The summed E-state index contributed by atoms with van der Waals surface area (Å²) in [5.41, 5.74) is 4.00. The normalized spacial score (nSPS) is 10.8. The van der Waals surface area contributed by atoms with Crippen LogP contribution in [-0.4, -0.2) is 10.9 Å². The number of nitrogen functional groups attached to an aromatic ring is 1. The van der Waals surface area contributed by atoms with E-state index in [9.17, 15) is 4.79 Å². The minimum Gasteiger partial charge on any atom is -0.468 e. The van der Waals surface area contributed by atoms with Crippen molar-refractivity contribution in [2.75, 3.05) is 0 Å². The number of benzene rings is 1. The molecule has 0 unspecified atom stereocenters. The molecule has 3 aromatic rings. The van der Waals surface area contributed by atoms with Gasteiger partial charge in [0.05, 0.1) is 11.3 Å². The van der Waals surface area contributed by atoms with Crippen molar-refractivity contribution in [3.63, 3.8) is 0 Å². The molecule has 0 aliphatic rings. The number of aromatic nitrogens is 1. The minimum absolute atomic E-state index is 0.383. The second kappa shape index (κ2) is 5.40. The Bertz CT molecular complexity index is 717. The van der Waals surface area contributed by atoms with Crippen molar-refractivity contribution in [2.45, 2.75) is 11.0 Å². The number of nitrogens with two attached hydrogens (primary N) is 1. The standard InChI is InChI=1S/C13H11N3O3S/c14-16-12(17)8-5-9(18-6-8)7-20-13-15-10-3-1-2-4-11(10)19-13/h1-6H,7,14H2,(H,16,17). The summed E-state index contributed by atoms with van der Waals surface area (Å²) in [6.07, 6.45) is 1.37. The molecular formula is C13H11N3O3S. The van der Waals surface area contributed by atoms with Crippen LogP contribution in [0.15, 0.2) is 50.7 Å². The molecule has 1 amide bonds. The van der Waals surface area contributed by atoms with Crippen LogP contribution in [0.25, 0.3) is 11.1 Å². The summed E-state index contributed by atoms with van der Waals surface area (Å²) in [4.78, 5) is 15.6. The van der Waals surface area contributed by atoms with Crippen LogP contribution in [0.1, 0.15) is 16.1 Å². The summed E-state index contributed by atoms with van der Waals surface area (Å²) < 4.78 is 10.9. The number of rotatable bonds is 4. The summed E-state index contributed by atoms with van der Waals surface area (Å²) >= 11 is 1.40. The zero-order valence-corrected chi connectivity index (χ0v) is 11.1. The molecule has 2 aromatic heterocycles. The van der Waals surface area contributed by atoms with E-state index in [1.165, 1.54) is 18.0 Å². The number of hydrogen-bond acceptors (Lipinski definition) is 6. The van der Waals surface area contributed by atoms with Crippen LogP contribution in [0.4, 0.5) is 0 Å². The molecule has 0 saturated heterocycles. The first kappa shape index (κ1) is 12.8. The molecule has 0 bridgehead atoms. The quantitative estimate of drug-likeness (QED) is 0.331. The number of oxazole rings is 1. The molecule has 0 saturated carbocycles. The lowest BCUT2D eigenvalue weighted by atomic mass is 10.3. The highest BCUT2D eigenvalue weighted by Gasteiger charge is 2.11. The third-order valence-corrected chi connectivity index (χ3v) is 3.51. The largest absolute Gasteiger partial charge is 0.468 e. The molecule has 102 valence electrons. The topological polar surface area (TPSA) is 94.3 Å². The lowest BCUT2D eigenvalue weighted by molar-refractivity contribution is 0.0953. The number of para-hydroxylation sites is 2. The third kappa shape index (κ3) is 2.54. The smallest absolute Gasteiger partial charge is 0.268 e. The fourth-order valence-corrected chi connectivity index (χ4v) is 2.43. The molecule has 7 heteroatoms. The van der Waals surface area contributed by atoms with Gasteiger partial charge in [0.25, 0.3) is 11.1 Å². The molecule has 0 atom stereocenters. The Hall–Kier alpha value is -2.25. The molecule has 0 radical (unpaired) electrons. The zero-order valence-electron chi connectivity index (χ0n) is 10.3. The van der Waals surface area contributed by atoms with Crippen LogP contribution in [0.5, 0.6) is 0 Å². The van der Waals surface area contributed by atoms with Gasteiger partial charge < -0.3 is 8.83 Å². The van der Waals surface area contributed by atoms with E-state index in [2.05, 4.69) is 4.98 Å². The minimum atomic E-state index is -0.383. The Morgan fingerprint density at radius 1 is 1.40 bits per heavy atom. The average molecular weight is 289 g/mol. The van der Waals surface area contributed by atoms with Crippen molar-refractivity contribution in [1.29, 1.82) is 0 Å². The van der Waals surface area contributed by atoms with E-state index in [-0.39, 0.29) is 5.91 Å². The number of nitrogens with zero attached hydrogens (tertiary/aromatic N) is 1. The number of nitrogens with one attached hydrogen (secondary N) is 1. The molecule has 2 heterocycles. The Morgan fingerprint density at radius 2 is 2.25 bits per heavy atom. The van der Waals surface area contributed by atoms with Gasteiger partial charge in [0.15, 0.2) is 5.58 Å². The van der Waals surface area contributed by atoms with Gasteiger partial charge in [0.2, 0.25) is 0 Å². The van der Waals surface area contributed by atoms with Crippen molar-refractivity contribution < 1.29 is 13.6 Å². The van der Waals surface area contributed by atoms with Crippen LogP contribution in [0.2, 0.25) is 0 Å². The van der Waals surface area contributed by atoms with Crippen molar-refractivity contribution in [3.8, 4) is 0 Å². The molecule has 0 aliphatic heterocycles. The van der Waals surface area contributed by atoms with Crippen LogP contribution in [0, 0.1) is 0 Å². The molecule has 3 rings (SSSR count). The van der Waals surface area contributed by atoms with Gasteiger partial charge in [0, 0.05) is 0 Å². The highest BCUT2D eigenvalue weighted by Crippen LogP contribution is 2.26. The number of carbonyl (C=O) groups excluding carboxylic acids is 1. The van der Waals surface area contributed by atoms with Crippen LogP contribution in [-0.2, 0) is 5.75 Å². The van der Waals surface area contributed by atoms with Gasteiger partial charge in [-0.1, -0.05) is 23.9 Å². The van der Waals surface area contributed by atoms with Gasteiger partial charge in [-0.05, 0) is 18.2 Å². The zero-order chi connectivity index (χ0) is 13.9. The fourth-order valence-electron chi connectivity index (χ4n) is 1.70. The van der Waals surface area contributed by atoms with E-state index in [4.69, 9.17) is 14.7 Å². The molecule has 20 heavy (non-hydrogen) atoms. The number of amides is 1. The van der Waals surface area contributed by atoms with Crippen molar-refractivity contribution in [2.24, 2.45) is 5.84 Å². The molecule has 6 nitrogen and oxygen atoms in total. The summed E-state index contributed by atoms with van der Waals surface area (Å²) in [7, 11) is 0. The van der Waals surface area contributed by atoms with E-state index in [1.807, 2.05) is 29.7 Å². The monoisotopic (exact) mass is 289 g/mol. The van der Waals surface area contributed by atoms with Gasteiger partial charge in [-0.2, -0.15) is 0 Å². The molecular weight excluding hydrogens is 278 g/mol. The lowest BCUT2D eigenvalue weighted by Gasteiger charge is -1.92. The summed E-state index contributed by atoms with van der Waals surface area (Å²) in [5, 5.41) is 0.562. The number of thioether (sulfide) groups is 1. The number of hydrogen-bond donors (Lipinski definition) is 2. The van der Waals surface area contributed by atoms with Crippen LogP contribution in [0.3, 0.4) is 0 Å². The second-order valence-electron chi connectivity index (χ2n) is 4.01. The molecule has 0 aliphatic carbocycles. The number of fused-ring (bicyclic) bond motifs is 1. The lowest BCUT2D eigenvalue weighted by Crippen LogP contribution is -2.29. The van der Waals surface area contributed by atoms with Gasteiger partial charge in [-0.15, -0.1) is 0 Å². The van der Waals surface area contributed by atoms with Crippen LogP contribution >= 0.6 is 11.8 Å². The van der Waals surface area contributed by atoms with Gasteiger partial charge in [0.1, 0.15) is 17.5 Å². The maximum Gasteiger partial charge on any atom is 0.268 e. The summed E-state index contributed by atoms with van der Waals surface area (Å²) in [5.74, 6) is 5.83. The average Bonchev–Trinajstić information content (AvgIpc) is 3.10. The first-order valence-corrected chi connectivity index (χ1v) is 6.81. The number of furan rings is 1. The molecule has 1 aromatic carbocycles. The predicted octanol–water partition coefficient (Wildman–Crippen LogP) is 2.32. The summed E-state index contributed by atoms with van der Waals surface area (Å²) in [6.45, 7) is 0. The maximum absolute atomic E-state index is 11.3. The van der Waals surface area contributed by atoms with Crippen molar-refractivity contribution in [3.05, 3.63) is 47.9 Å². The van der Waals surface area contributed by atoms with Gasteiger partial charge in [-0.25, -0.2) is 10.8 Å². The molecule has 0 spiro atoms. The Kier molecular flexibility index (Phi) is 3.44. The molecule has 3 N–H and O–H groups in total. The first-order chi connectivity index (χ1) is 9.76. The van der Waals surface area contributed by atoms with E-state index in [0.29, 0.717) is 22.3 Å². The van der Waals surface area contributed by atoms with Gasteiger partial charge in [-0.3, -0.25) is 10.2 Å². The SMILES string of the molecule is NNC(=O)c1coc(CSc2nc3ccccc3o2)c1. The molecule has 0 fully saturated rings. The van der Waals surface area contributed by atoms with E-state index >= 15 is 0 Å². The van der Waals surface area contributed by atoms with Crippen molar-refractivity contribution >= 4 is 28.8 Å². The number of carbonyl (C=O) groups is 1. The predicted molar refractivity (Wildman–Crippen MR) is 73.9 cm³/mol. The van der Waals surface area contributed by atoms with Gasteiger partial charge >= 0.3 is 0 Å². The fraction of sp³-hybridized carbons (Fsp3) is 0.0769. The Labute approximate surface area is 118 Å². The number of hydrazine groups is 1.